The molecule has 0 unspecified atom stereocenters. The number of rotatable bonds is 3. The zero-order valence-electron chi connectivity index (χ0n) is 14.6. The van der Waals surface area contributed by atoms with Crippen LogP contribution in [0.3, 0.4) is 0 Å². The molecule has 0 bridgehead atoms. The average molecular weight is 349 g/mol. The molecule has 0 spiro atoms. The molecule has 1 aliphatic heterocycles. The number of anilines is 1. The molecule has 5 nitrogen and oxygen atoms in total. The molecule has 1 aromatic carbocycles. The van der Waals surface area contributed by atoms with Gasteiger partial charge in [0.2, 0.25) is 0 Å². The van der Waals surface area contributed by atoms with Gasteiger partial charge in [-0.2, -0.15) is 0 Å². The summed E-state index contributed by atoms with van der Waals surface area (Å²) in [5, 5.41) is 0. The Kier molecular flexibility index (Phi) is 4.58. The molecule has 0 saturated carbocycles. The highest BCUT2D eigenvalue weighted by atomic mass is 19.1. The van der Waals surface area contributed by atoms with E-state index in [4.69, 9.17) is 4.98 Å². The highest BCUT2D eigenvalue weighted by molar-refractivity contribution is 5.66. The zero-order chi connectivity index (χ0) is 17.9. The molecular formula is C20H20FN5. The van der Waals surface area contributed by atoms with Crippen molar-refractivity contribution < 1.29 is 4.39 Å². The Hall–Kier alpha value is -2.86. The van der Waals surface area contributed by atoms with Crippen LogP contribution in [0.4, 0.5) is 10.2 Å². The van der Waals surface area contributed by atoms with Gasteiger partial charge in [0.1, 0.15) is 17.3 Å². The van der Waals surface area contributed by atoms with Crippen LogP contribution in [0.1, 0.15) is 0 Å². The normalized spacial score (nSPS) is 15.2. The lowest BCUT2D eigenvalue weighted by Gasteiger charge is -2.33. The summed E-state index contributed by atoms with van der Waals surface area (Å²) < 4.78 is 13.3. The molecule has 4 rings (SSSR count). The van der Waals surface area contributed by atoms with E-state index in [-0.39, 0.29) is 5.82 Å². The summed E-state index contributed by atoms with van der Waals surface area (Å²) in [5.74, 6) is 1.21. The van der Waals surface area contributed by atoms with Crippen molar-refractivity contribution in [1.82, 2.24) is 19.9 Å². The lowest BCUT2D eigenvalue weighted by molar-refractivity contribution is 0.312. The first-order valence-corrected chi connectivity index (χ1v) is 8.69. The summed E-state index contributed by atoms with van der Waals surface area (Å²) >= 11 is 0. The minimum absolute atomic E-state index is 0.257. The lowest BCUT2D eigenvalue weighted by Crippen LogP contribution is -2.44. The van der Waals surface area contributed by atoms with Crippen LogP contribution in [-0.2, 0) is 0 Å². The van der Waals surface area contributed by atoms with Gasteiger partial charge in [0.15, 0.2) is 5.82 Å². The Labute approximate surface area is 152 Å². The number of piperazine rings is 1. The van der Waals surface area contributed by atoms with Gasteiger partial charge in [-0.1, -0.05) is 6.07 Å². The predicted molar refractivity (Wildman–Crippen MR) is 100 cm³/mol. The molecule has 6 heteroatoms. The van der Waals surface area contributed by atoms with Crippen LogP contribution < -0.4 is 4.90 Å². The molecule has 26 heavy (non-hydrogen) atoms. The smallest absolute Gasteiger partial charge is 0.180 e. The fraction of sp³-hybridized carbons (Fsp3) is 0.250. The second-order valence-corrected chi connectivity index (χ2v) is 6.45. The Morgan fingerprint density at radius 3 is 2.35 bits per heavy atom. The third-order valence-corrected chi connectivity index (χ3v) is 4.57. The Morgan fingerprint density at radius 1 is 0.885 bits per heavy atom. The van der Waals surface area contributed by atoms with E-state index in [9.17, 15) is 4.39 Å². The summed E-state index contributed by atoms with van der Waals surface area (Å²) in [5.41, 5.74) is 2.36. The number of hydrogen-bond acceptors (Lipinski definition) is 5. The number of pyridine rings is 1. The van der Waals surface area contributed by atoms with Crippen molar-refractivity contribution in [1.29, 1.82) is 0 Å². The molecule has 3 aromatic rings. The van der Waals surface area contributed by atoms with Gasteiger partial charge in [0, 0.05) is 44.0 Å². The fourth-order valence-corrected chi connectivity index (χ4v) is 3.01. The third kappa shape index (κ3) is 3.55. The van der Waals surface area contributed by atoms with Gasteiger partial charge < -0.3 is 9.80 Å². The van der Waals surface area contributed by atoms with Crippen LogP contribution in [0.25, 0.3) is 22.8 Å². The van der Waals surface area contributed by atoms with Gasteiger partial charge in [-0.3, -0.25) is 4.98 Å². The second-order valence-electron chi connectivity index (χ2n) is 6.45. The van der Waals surface area contributed by atoms with Crippen molar-refractivity contribution >= 4 is 5.82 Å². The topological polar surface area (TPSA) is 45.2 Å². The number of aromatic nitrogens is 3. The largest absolute Gasteiger partial charge is 0.354 e. The SMILES string of the molecule is CN1CCN(c2cc(-c3ccc(F)cc3)nc(-c3ccccn3)n2)CC1. The Morgan fingerprint density at radius 2 is 1.65 bits per heavy atom. The molecule has 2 aromatic heterocycles. The van der Waals surface area contributed by atoms with Crippen molar-refractivity contribution in [2.45, 2.75) is 0 Å². The van der Waals surface area contributed by atoms with Crippen molar-refractivity contribution in [2.75, 3.05) is 38.1 Å². The first kappa shape index (κ1) is 16.6. The molecular weight excluding hydrogens is 329 g/mol. The number of likely N-dealkylation sites (N-methyl/N-ethyl adjacent to an activating group) is 1. The van der Waals surface area contributed by atoms with Crippen LogP contribution in [-0.4, -0.2) is 53.1 Å². The summed E-state index contributed by atoms with van der Waals surface area (Å²) in [6, 6.07) is 14.1. The van der Waals surface area contributed by atoms with Crippen LogP contribution in [0, 0.1) is 5.82 Å². The van der Waals surface area contributed by atoms with Gasteiger partial charge in [-0.15, -0.1) is 0 Å². The maximum absolute atomic E-state index is 13.3. The van der Waals surface area contributed by atoms with Crippen LogP contribution in [0.15, 0.2) is 54.7 Å². The van der Waals surface area contributed by atoms with E-state index in [1.165, 1.54) is 12.1 Å². The van der Waals surface area contributed by atoms with Crippen LogP contribution in [0.5, 0.6) is 0 Å². The maximum atomic E-state index is 13.3. The Bertz CT molecular complexity index is 874. The number of nitrogens with zero attached hydrogens (tertiary/aromatic N) is 5. The van der Waals surface area contributed by atoms with Crippen molar-refractivity contribution in [3.8, 4) is 22.8 Å². The molecule has 0 atom stereocenters. The molecule has 1 saturated heterocycles. The monoisotopic (exact) mass is 349 g/mol. The summed E-state index contributed by atoms with van der Waals surface area (Å²) in [6.45, 7) is 3.82. The fourth-order valence-electron chi connectivity index (χ4n) is 3.01. The van der Waals surface area contributed by atoms with E-state index in [2.05, 4.69) is 26.8 Å². The molecule has 0 radical (unpaired) electrons. The Balaban J connectivity index is 1.78. The number of benzene rings is 1. The molecule has 0 amide bonds. The first-order valence-electron chi connectivity index (χ1n) is 8.69. The van der Waals surface area contributed by atoms with Crippen LogP contribution in [0.2, 0.25) is 0 Å². The molecule has 0 N–H and O–H groups in total. The number of hydrogen-bond donors (Lipinski definition) is 0. The third-order valence-electron chi connectivity index (χ3n) is 4.57. The molecule has 3 heterocycles. The minimum atomic E-state index is -0.257. The highest BCUT2D eigenvalue weighted by Gasteiger charge is 2.18. The van der Waals surface area contributed by atoms with Crippen molar-refractivity contribution in [2.24, 2.45) is 0 Å². The minimum Gasteiger partial charge on any atom is -0.354 e. The highest BCUT2D eigenvalue weighted by Crippen LogP contribution is 2.26. The van der Waals surface area contributed by atoms with Crippen LogP contribution >= 0.6 is 0 Å². The zero-order valence-corrected chi connectivity index (χ0v) is 14.6. The van der Waals surface area contributed by atoms with E-state index < -0.39 is 0 Å². The summed E-state index contributed by atoms with van der Waals surface area (Å²) in [6.07, 6.45) is 1.73. The standard InChI is InChI=1S/C20H20FN5/c1-25-10-12-26(13-11-25)19-14-18(15-5-7-16(21)8-6-15)23-20(24-19)17-4-2-3-9-22-17/h2-9,14H,10-13H2,1H3. The molecule has 1 fully saturated rings. The number of halogens is 1. The first-order chi connectivity index (χ1) is 12.7. The quantitative estimate of drug-likeness (QED) is 0.727. The van der Waals surface area contributed by atoms with E-state index in [1.54, 1.807) is 18.3 Å². The van der Waals surface area contributed by atoms with Gasteiger partial charge in [0.25, 0.3) is 0 Å². The van der Waals surface area contributed by atoms with E-state index in [1.807, 2.05) is 24.3 Å². The predicted octanol–water partition coefficient (Wildman–Crippen LogP) is 3.10. The second kappa shape index (κ2) is 7.17. The maximum Gasteiger partial charge on any atom is 0.180 e. The lowest BCUT2D eigenvalue weighted by atomic mass is 10.1. The van der Waals surface area contributed by atoms with E-state index >= 15 is 0 Å². The van der Waals surface area contributed by atoms with Crippen molar-refractivity contribution in [3.63, 3.8) is 0 Å². The average Bonchev–Trinajstić information content (AvgIpc) is 2.69. The molecule has 132 valence electrons. The van der Waals surface area contributed by atoms with E-state index in [0.29, 0.717) is 5.82 Å². The summed E-state index contributed by atoms with van der Waals surface area (Å²) in [7, 11) is 2.13. The van der Waals surface area contributed by atoms with Gasteiger partial charge in [-0.25, -0.2) is 14.4 Å². The van der Waals surface area contributed by atoms with E-state index in [0.717, 1.165) is 48.9 Å². The van der Waals surface area contributed by atoms with Crippen molar-refractivity contribution in [3.05, 3.63) is 60.5 Å². The summed E-state index contributed by atoms with van der Waals surface area (Å²) in [4.78, 5) is 18.4. The molecule has 0 aliphatic carbocycles. The molecule has 1 aliphatic rings. The van der Waals surface area contributed by atoms with Gasteiger partial charge >= 0.3 is 0 Å². The van der Waals surface area contributed by atoms with Gasteiger partial charge in [-0.05, 0) is 43.4 Å². The van der Waals surface area contributed by atoms with Gasteiger partial charge in [0.05, 0.1) is 5.69 Å².